The molecule has 0 aromatic heterocycles. The minimum atomic E-state index is -0.437. The Labute approximate surface area is 133 Å². The van der Waals surface area contributed by atoms with Crippen LogP contribution in [0, 0.1) is 6.92 Å². The van der Waals surface area contributed by atoms with Crippen LogP contribution in [-0.4, -0.2) is 36.2 Å². The van der Waals surface area contributed by atoms with E-state index in [1.807, 2.05) is 32.9 Å². The van der Waals surface area contributed by atoms with E-state index < -0.39 is 5.60 Å². The van der Waals surface area contributed by atoms with E-state index in [0.717, 1.165) is 25.2 Å². The molecule has 0 unspecified atom stereocenters. The van der Waals surface area contributed by atoms with Crippen molar-refractivity contribution in [2.75, 3.05) is 25.0 Å². The van der Waals surface area contributed by atoms with Crippen molar-refractivity contribution in [3.63, 3.8) is 0 Å². The summed E-state index contributed by atoms with van der Waals surface area (Å²) in [6, 6.07) is 8.27. The molecule has 4 nitrogen and oxygen atoms in total. The average molecular weight is 302 g/mol. The molecule has 0 bridgehead atoms. The molecule has 0 spiro atoms. The Morgan fingerprint density at radius 1 is 1.32 bits per heavy atom. The van der Waals surface area contributed by atoms with Crippen molar-refractivity contribution in [1.82, 2.24) is 4.90 Å². The number of hydrogen-bond donors (Lipinski definition) is 1. The fourth-order valence-electron chi connectivity index (χ4n) is 2.34. The van der Waals surface area contributed by atoms with Crippen molar-refractivity contribution < 1.29 is 9.53 Å². The molecule has 1 heterocycles. The first-order chi connectivity index (χ1) is 10.3. The summed E-state index contributed by atoms with van der Waals surface area (Å²) in [4.78, 5) is 13.8. The van der Waals surface area contributed by atoms with Gasteiger partial charge in [-0.3, -0.25) is 0 Å². The number of para-hydroxylation sites is 1. The predicted octanol–water partition coefficient (Wildman–Crippen LogP) is 3.97. The Morgan fingerprint density at radius 3 is 2.64 bits per heavy atom. The van der Waals surface area contributed by atoms with Crippen molar-refractivity contribution in [2.24, 2.45) is 0 Å². The van der Waals surface area contributed by atoms with Gasteiger partial charge in [-0.25, -0.2) is 4.79 Å². The lowest BCUT2D eigenvalue weighted by atomic mass is 10.1. The first-order valence-corrected chi connectivity index (χ1v) is 7.80. The van der Waals surface area contributed by atoms with E-state index in [4.69, 9.17) is 4.74 Å². The Kier molecular flexibility index (Phi) is 5.11. The zero-order chi connectivity index (χ0) is 16.2. The van der Waals surface area contributed by atoms with Crippen LogP contribution < -0.4 is 5.32 Å². The molecule has 0 atom stereocenters. The van der Waals surface area contributed by atoms with Gasteiger partial charge in [-0.05, 0) is 45.7 Å². The van der Waals surface area contributed by atoms with Crippen LogP contribution in [0.2, 0.25) is 0 Å². The van der Waals surface area contributed by atoms with E-state index in [1.165, 1.54) is 11.1 Å². The summed E-state index contributed by atoms with van der Waals surface area (Å²) in [5.74, 6) is 0. The third-order valence-electron chi connectivity index (χ3n) is 3.61. The summed E-state index contributed by atoms with van der Waals surface area (Å²) < 4.78 is 5.40. The van der Waals surface area contributed by atoms with E-state index in [0.29, 0.717) is 6.54 Å². The number of rotatable bonds is 3. The zero-order valence-corrected chi connectivity index (χ0v) is 14.0. The van der Waals surface area contributed by atoms with Crippen LogP contribution in [0.25, 0.3) is 0 Å². The van der Waals surface area contributed by atoms with Gasteiger partial charge in [-0.2, -0.15) is 0 Å². The largest absolute Gasteiger partial charge is 0.444 e. The summed E-state index contributed by atoms with van der Waals surface area (Å²) >= 11 is 0. The van der Waals surface area contributed by atoms with Gasteiger partial charge in [0.25, 0.3) is 0 Å². The van der Waals surface area contributed by atoms with Gasteiger partial charge in [0.1, 0.15) is 5.60 Å². The number of nitrogens with zero attached hydrogens (tertiary/aromatic N) is 1. The lowest BCUT2D eigenvalue weighted by Crippen LogP contribution is -2.39. The van der Waals surface area contributed by atoms with E-state index in [-0.39, 0.29) is 6.09 Å². The van der Waals surface area contributed by atoms with Crippen LogP contribution in [0.5, 0.6) is 0 Å². The minimum absolute atomic E-state index is 0.227. The van der Waals surface area contributed by atoms with E-state index in [2.05, 4.69) is 30.4 Å². The van der Waals surface area contributed by atoms with Gasteiger partial charge in [0.05, 0.1) is 0 Å². The molecule has 0 saturated carbocycles. The molecule has 1 aliphatic heterocycles. The van der Waals surface area contributed by atoms with Crippen LogP contribution in [0.15, 0.2) is 35.9 Å². The second-order valence-corrected chi connectivity index (χ2v) is 6.71. The average Bonchev–Trinajstić information content (AvgIpc) is 2.45. The van der Waals surface area contributed by atoms with Gasteiger partial charge in [0.2, 0.25) is 0 Å². The molecule has 1 aliphatic rings. The summed E-state index contributed by atoms with van der Waals surface area (Å²) in [5.41, 5.74) is 3.31. The number of carbonyl (C=O) groups excluding carboxylic acids is 1. The topological polar surface area (TPSA) is 41.6 Å². The lowest BCUT2D eigenvalue weighted by molar-refractivity contribution is 0.0266. The van der Waals surface area contributed by atoms with E-state index in [1.54, 1.807) is 4.90 Å². The van der Waals surface area contributed by atoms with Gasteiger partial charge in [-0.1, -0.05) is 29.8 Å². The highest BCUT2D eigenvalue weighted by atomic mass is 16.6. The van der Waals surface area contributed by atoms with Crippen molar-refractivity contribution in [3.8, 4) is 0 Å². The summed E-state index contributed by atoms with van der Waals surface area (Å²) in [6.07, 6.45) is 2.78. The van der Waals surface area contributed by atoms with E-state index in [9.17, 15) is 4.79 Å². The van der Waals surface area contributed by atoms with Crippen LogP contribution in [0.3, 0.4) is 0 Å². The summed E-state index contributed by atoms with van der Waals surface area (Å²) in [6.45, 7) is 9.94. The minimum Gasteiger partial charge on any atom is -0.444 e. The smallest absolute Gasteiger partial charge is 0.410 e. The number of anilines is 1. The standard InChI is InChI=1S/C18H26N2O2/c1-14-7-5-6-8-16(14)19-13-15-9-11-20(12-10-15)17(21)22-18(2,3)4/h5-9,19H,10-13H2,1-4H3. The normalized spacial score (nSPS) is 15.3. The summed E-state index contributed by atoms with van der Waals surface area (Å²) in [5, 5.41) is 3.46. The molecule has 4 heteroatoms. The van der Waals surface area contributed by atoms with Crippen molar-refractivity contribution in [2.45, 2.75) is 39.7 Å². The third-order valence-corrected chi connectivity index (χ3v) is 3.61. The third kappa shape index (κ3) is 4.79. The molecule has 0 aliphatic carbocycles. The highest BCUT2D eigenvalue weighted by Gasteiger charge is 2.23. The number of nitrogens with one attached hydrogen (secondary N) is 1. The number of hydrogen-bond acceptors (Lipinski definition) is 3. The van der Waals surface area contributed by atoms with Gasteiger partial charge in [0.15, 0.2) is 0 Å². The first-order valence-electron chi connectivity index (χ1n) is 7.80. The maximum atomic E-state index is 12.0. The predicted molar refractivity (Wildman–Crippen MR) is 90.2 cm³/mol. The molecule has 120 valence electrons. The van der Waals surface area contributed by atoms with Crippen LogP contribution in [0.4, 0.5) is 10.5 Å². The molecule has 1 N–H and O–H groups in total. The van der Waals surface area contributed by atoms with Crippen LogP contribution >= 0.6 is 0 Å². The maximum Gasteiger partial charge on any atom is 0.410 e. The van der Waals surface area contributed by atoms with Gasteiger partial charge >= 0.3 is 6.09 Å². The highest BCUT2D eigenvalue weighted by Crippen LogP contribution is 2.18. The van der Waals surface area contributed by atoms with E-state index >= 15 is 0 Å². The Hall–Kier alpha value is -1.97. The van der Waals surface area contributed by atoms with Crippen LogP contribution in [0.1, 0.15) is 32.8 Å². The molecule has 2 rings (SSSR count). The second-order valence-electron chi connectivity index (χ2n) is 6.71. The number of ether oxygens (including phenoxy) is 1. The van der Waals surface area contributed by atoms with Crippen molar-refractivity contribution in [1.29, 1.82) is 0 Å². The second kappa shape index (κ2) is 6.86. The fourth-order valence-corrected chi connectivity index (χ4v) is 2.34. The van der Waals surface area contributed by atoms with Crippen molar-refractivity contribution >= 4 is 11.8 Å². The van der Waals surface area contributed by atoms with Crippen LogP contribution in [-0.2, 0) is 4.74 Å². The fraction of sp³-hybridized carbons (Fsp3) is 0.500. The molecule has 1 aromatic rings. The molecule has 0 saturated heterocycles. The molecule has 0 radical (unpaired) electrons. The zero-order valence-electron chi connectivity index (χ0n) is 14.0. The number of carbonyl (C=O) groups is 1. The monoisotopic (exact) mass is 302 g/mol. The SMILES string of the molecule is Cc1ccccc1NCC1=CCN(C(=O)OC(C)(C)C)CC1. The number of benzene rings is 1. The Bertz CT molecular complexity index is 558. The quantitative estimate of drug-likeness (QED) is 0.859. The number of amides is 1. The summed E-state index contributed by atoms with van der Waals surface area (Å²) in [7, 11) is 0. The Morgan fingerprint density at radius 2 is 2.05 bits per heavy atom. The molecule has 1 amide bonds. The molecular formula is C18H26N2O2. The molecule has 22 heavy (non-hydrogen) atoms. The molecule has 0 fully saturated rings. The number of aryl methyl sites for hydroxylation is 1. The van der Waals surface area contributed by atoms with Gasteiger partial charge < -0.3 is 15.0 Å². The highest BCUT2D eigenvalue weighted by molar-refractivity contribution is 5.68. The lowest BCUT2D eigenvalue weighted by Gasteiger charge is -2.29. The first kappa shape index (κ1) is 16.4. The van der Waals surface area contributed by atoms with Gasteiger partial charge in [-0.15, -0.1) is 0 Å². The van der Waals surface area contributed by atoms with Gasteiger partial charge in [0, 0.05) is 25.3 Å². The molecule has 1 aromatic carbocycles. The molecular weight excluding hydrogens is 276 g/mol. The maximum absolute atomic E-state index is 12.0. The Balaban J connectivity index is 1.84. The van der Waals surface area contributed by atoms with Crippen molar-refractivity contribution in [3.05, 3.63) is 41.5 Å².